The third-order valence-electron chi connectivity index (χ3n) is 8.43. The van der Waals surface area contributed by atoms with Gasteiger partial charge in [-0.2, -0.15) is 4.31 Å². The Morgan fingerprint density at radius 2 is 1.59 bits per heavy atom. The Morgan fingerprint density at radius 3 is 2.22 bits per heavy atom. The van der Waals surface area contributed by atoms with Gasteiger partial charge in [-0.05, 0) is 80.5 Å². The van der Waals surface area contributed by atoms with Crippen LogP contribution in [-0.2, 0) is 17.1 Å². The molecule has 7 nitrogen and oxygen atoms in total. The second kappa shape index (κ2) is 7.22. The molecule has 0 unspecified atom stereocenters. The van der Waals surface area contributed by atoms with Crippen LogP contribution in [0.2, 0.25) is 0 Å². The number of piperazine rings is 1. The summed E-state index contributed by atoms with van der Waals surface area (Å²) in [4.78, 5) is 15.2. The van der Waals surface area contributed by atoms with Crippen LogP contribution in [0.3, 0.4) is 0 Å². The largest absolute Gasteiger partial charge is 0.351 e. The van der Waals surface area contributed by atoms with Gasteiger partial charge in [0, 0.05) is 55.9 Å². The Balaban J connectivity index is 1.11. The first-order valence-corrected chi connectivity index (χ1v) is 13.4. The van der Waals surface area contributed by atoms with Crippen LogP contribution < -0.4 is 5.32 Å². The van der Waals surface area contributed by atoms with Crippen molar-refractivity contribution in [3.8, 4) is 0 Å². The van der Waals surface area contributed by atoms with Crippen molar-refractivity contribution < 1.29 is 13.2 Å². The number of hydrogen-bond donors (Lipinski definition) is 1. The van der Waals surface area contributed by atoms with Crippen LogP contribution in [-0.4, -0.2) is 59.9 Å². The highest BCUT2D eigenvalue weighted by molar-refractivity contribution is 7.89. The topological polar surface area (TPSA) is 74.7 Å². The second-order valence-corrected chi connectivity index (χ2v) is 12.6. The third-order valence-corrected chi connectivity index (χ3v) is 10.3. The number of benzene rings is 1. The number of aryl methyl sites for hydroxylation is 1. The summed E-state index contributed by atoms with van der Waals surface area (Å²) in [6.07, 6.45) is 9.35. The van der Waals surface area contributed by atoms with Gasteiger partial charge in [0.1, 0.15) is 0 Å². The van der Waals surface area contributed by atoms with Crippen LogP contribution >= 0.6 is 0 Å². The standard InChI is InChI=1S/C24H32N4O3S/c1-26-5-4-20-13-21(2-3-22(20)26)32(30,31)28-8-6-27(7-9-28)23(29)25-24-14-17-10-18(15-24)12-19(11-17)16-24/h2-5,13,17-19H,6-12,14-16H2,1H3,(H,25,29). The summed E-state index contributed by atoms with van der Waals surface area (Å²) in [5.74, 6) is 2.35. The van der Waals surface area contributed by atoms with E-state index in [-0.39, 0.29) is 11.6 Å². The maximum Gasteiger partial charge on any atom is 0.317 e. The number of amides is 2. The van der Waals surface area contributed by atoms with E-state index in [1.807, 2.05) is 34.8 Å². The van der Waals surface area contributed by atoms with Crippen molar-refractivity contribution in [3.05, 3.63) is 30.5 Å². The molecular weight excluding hydrogens is 424 g/mol. The third kappa shape index (κ3) is 3.34. The Bertz CT molecular complexity index is 1130. The maximum absolute atomic E-state index is 13.2. The van der Waals surface area contributed by atoms with E-state index in [2.05, 4.69) is 5.32 Å². The monoisotopic (exact) mass is 456 g/mol. The van der Waals surface area contributed by atoms with E-state index in [4.69, 9.17) is 0 Å². The summed E-state index contributed by atoms with van der Waals surface area (Å²) >= 11 is 0. The van der Waals surface area contributed by atoms with Crippen LogP contribution in [0.15, 0.2) is 35.4 Å². The van der Waals surface area contributed by atoms with Crippen LogP contribution in [0.25, 0.3) is 10.9 Å². The van der Waals surface area contributed by atoms with E-state index in [9.17, 15) is 13.2 Å². The number of carbonyl (C=O) groups excluding carboxylic acids is 1. The fourth-order valence-corrected chi connectivity index (χ4v) is 8.73. The number of aromatic nitrogens is 1. The van der Waals surface area contributed by atoms with E-state index in [0.717, 1.165) is 47.9 Å². The van der Waals surface area contributed by atoms with Crippen molar-refractivity contribution in [1.29, 1.82) is 0 Å². The minimum absolute atomic E-state index is 0.00490. The molecule has 0 radical (unpaired) electrons. The van der Waals surface area contributed by atoms with Crippen molar-refractivity contribution in [2.24, 2.45) is 24.8 Å². The van der Waals surface area contributed by atoms with Crippen molar-refractivity contribution in [2.75, 3.05) is 26.2 Å². The fraction of sp³-hybridized carbons (Fsp3) is 0.625. The molecule has 1 aromatic carbocycles. The zero-order valence-electron chi connectivity index (χ0n) is 18.7. The molecule has 0 atom stereocenters. The van der Waals surface area contributed by atoms with Gasteiger partial charge in [0.15, 0.2) is 0 Å². The number of carbonyl (C=O) groups is 1. The summed E-state index contributed by atoms with van der Waals surface area (Å²) in [6, 6.07) is 7.22. The lowest BCUT2D eigenvalue weighted by Crippen LogP contribution is -2.63. The molecular formula is C24H32N4O3S. The SMILES string of the molecule is Cn1ccc2cc(S(=O)(=O)N3CCN(C(=O)NC45CC6CC(CC(C6)C4)C5)CC3)ccc21. The molecule has 7 rings (SSSR count). The fourth-order valence-electron chi connectivity index (χ4n) is 7.27. The van der Waals surface area contributed by atoms with E-state index in [1.165, 1.54) is 23.6 Å². The number of nitrogens with one attached hydrogen (secondary N) is 1. The van der Waals surface area contributed by atoms with Crippen molar-refractivity contribution in [3.63, 3.8) is 0 Å². The molecule has 4 bridgehead atoms. The Hall–Kier alpha value is -2.06. The average molecular weight is 457 g/mol. The first kappa shape index (κ1) is 20.5. The zero-order valence-corrected chi connectivity index (χ0v) is 19.5. The number of rotatable bonds is 3. The van der Waals surface area contributed by atoms with Crippen LogP contribution in [0.1, 0.15) is 38.5 Å². The number of hydrogen-bond acceptors (Lipinski definition) is 3. The Morgan fingerprint density at radius 1 is 0.969 bits per heavy atom. The molecule has 1 saturated heterocycles. The molecule has 32 heavy (non-hydrogen) atoms. The van der Waals surface area contributed by atoms with Crippen LogP contribution in [0, 0.1) is 17.8 Å². The lowest BCUT2D eigenvalue weighted by atomic mass is 9.53. The molecule has 0 spiro atoms. The molecule has 2 amide bonds. The molecule has 5 fully saturated rings. The van der Waals surface area contributed by atoms with Gasteiger partial charge in [-0.25, -0.2) is 13.2 Å². The molecule has 4 saturated carbocycles. The Kier molecular flexibility index (Phi) is 4.63. The predicted octanol–water partition coefficient (Wildman–Crippen LogP) is 3.16. The smallest absolute Gasteiger partial charge is 0.317 e. The van der Waals surface area contributed by atoms with Gasteiger partial charge in [0.05, 0.1) is 4.90 Å². The highest BCUT2D eigenvalue weighted by Crippen LogP contribution is 2.55. The molecule has 1 N–H and O–H groups in total. The summed E-state index contributed by atoms with van der Waals surface area (Å²) in [5, 5.41) is 4.34. The lowest BCUT2D eigenvalue weighted by Gasteiger charge is -2.57. The van der Waals surface area contributed by atoms with Crippen molar-refractivity contribution in [1.82, 2.24) is 19.1 Å². The molecule has 1 aromatic heterocycles. The van der Waals surface area contributed by atoms with E-state index in [1.54, 1.807) is 12.1 Å². The average Bonchev–Trinajstić information content (AvgIpc) is 3.13. The van der Waals surface area contributed by atoms with E-state index < -0.39 is 10.0 Å². The van der Waals surface area contributed by atoms with Crippen molar-refractivity contribution >= 4 is 27.0 Å². The normalized spacial score (nSPS) is 32.5. The summed E-state index contributed by atoms with van der Waals surface area (Å²) in [7, 11) is -1.62. The van der Waals surface area contributed by atoms with E-state index >= 15 is 0 Å². The van der Waals surface area contributed by atoms with Gasteiger partial charge in [0.2, 0.25) is 10.0 Å². The minimum Gasteiger partial charge on any atom is -0.351 e. The number of urea groups is 1. The molecule has 8 heteroatoms. The number of fused-ring (bicyclic) bond motifs is 1. The van der Waals surface area contributed by atoms with Crippen molar-refractivity contribution in [2.45, 2.75) is 49.0 Å². The quantitative estimate of drug-likeness (QED) is 0.771. The first-order valence-electron chi connectivity index (χ1n) is 11.9. The first-order chi connectivity index (χ1) is 15.3. The molecule has 4 aliphatic carbocycles. The van der Waals surface area contributed by atoms with Crippen LogP contribution in [0.5, 0.6) is 0 Å². The van der Waals surface area contributed by atoms with E-state index in [0.29, 0.717) is 31.1 Å². The predicted molar refractivity (Wildman–Crippen MR) is 123 cm³/mol. The molecule has 2 aromatic rings. The Labute approximate surface area is 189 Å². The highest BCUT2D eigenvalue weighted by atomic mass is 32.2. The summed E-state index contributed by atoms with van der Waals surface area (Å²) < 4.78 is 29.9. The second-order valence-electron chi connectivity index (χ2n) is 10.7. The van der Waals surface area contributed by atoms with Gasteiger partial charge in [-0.15, -0.1) is 0 Å². The summed E-state index contributed by atoms with van der Waals surface area (Å²) in [5.41, 5.74) is 0.996. The van der Waals surface area contributed by atoms with Gasteiger partial charge in [-0.3, -0.25) is 0 Å². The van der Waals surface area contributed by atoms with Gasteiger partial charge >= 0.3 is 6.03 Å². The van der Waals surface area contributed by atoms with Gasteiger partial charge in [-0.1, -0.05) is 0 Å². The van der Waals surface area contributed by atoms with Gasteiger partial charge in [0.25, 0.3) is 0 Å². The lowest BCUT2D eigenvalue weighted by molar-refractivity contribution is -0.0161. The van der Waals surface area contributed by atoms with Crippen LogP contribution in [0.4, 0.5) is 4.79 Å². The molecule has 172 valence electrons. The number of nitrogens with zero attached hydrogens (tertiary/aromatic N) is 3. The minimum atomic E-state index is -3.57. The maximum atomic E-state index is 13.2. The highest BCUT2D eigenvalue weighted by Gasteiger charge is 2.52. The molecule has 5 aliphatic rings. The van der Waals surface area contributed by atoms with Gasteiger partial charge < -0.3 is 14.8 Å². The molecule has 1 aliphatic heterocycles. The summed E-state index contributed by atoms with van der Waals surface area (Å²) in [6.45, 7) is 1.54. The molecule has 2 heterocycles. The zero-order chi connectivity index (χ0) is 22.1. The number of sulfonamides is 1.